The zero-order chi connectivity index (χ0) is 22.6. The zero-order valence-electron chi connectivity index (χ0n) is 19.2. The van der Waals surface area contributed by atoms with E-state index in [0.29, 0.717) is 19.6 Å². The number of nitrogens with zero attached hydrogens (tertiary/aromatic N) is 3. The summed E-state index contributed by atoms with van der Waals surface area (Å²) in [7, 11) is 3.56. The molecule has 0 unspecified atom stereocenters. The van der Waals surface area contributed by atoms with Gasteiger partial charge in [-0.25, -0.2) is 4.79 Å². The third-order valence-corrected chi connectivity index (χ3v) is 5.27. The molecule has 1 aliphatic heterocycles. The minimum Gasteiger partial charge on any atom is -0.444 e. The SMILES string of the molecule is CN(C)C(=O)c1cc(-c2ccccc2)ccc1CN1CCN(C(=O)OC(C)(C)C)CC1. The Morgan fingerprint density at radius 2 is 1.58 bits per heavy atom. The Bertz CT molecular complexity index is 911. The summed E-state index contributed by atoms with van der Waals surface area (Å²) >= 11 is 0. The molecule has 1 saturated heterocycles. The maximum Gasteiger partial charge on any atom is 0.410 e. The van der Waals surface area contributed by atoms with E-state index in [1.54, 1.807) is 23.9 Å². The van der Waals surface area contributed by atoms with Gasteiger partial charge in [0.05, 0.1) is 0 Å². The first kappa shape index (κ1) is 22.8. The summed E-state index contributed by atoms with van der Waals surface area (Å²) in [6, 6.07) is 16.2. The van der Waals surface area contributed by atoms with E-state index in [9.17, 15) is 9.59 Å². The molecule has 0 aliphatic carbocycles. The van der Waals surface area contributed by atoms with Crippen molar-refractivity contribution in [2.45, 2.75) is 32.9 Å². The molecular formula is C25H33N3O3. The minimum absolute atomic E-state index is 0.000159. The van der Waals surface area contributed by atoms with Crippen LogP contribution in [-0.4, -0.2) is 72.6 Å². The van der Waals surface area contributed by atoms with Gasteiger partial charge in [-0.2, -0.15) is 0 Å². The number of rotatable bonds is 4. The van der Waals surface area contributed by atoms with E-state index in [1.807, 2.05) is 45.0 Å². The first-order valence-electron chi connectivity index (χ1n) is 10.7. The number of benzene rings is 2. The molecule has 1 fully saturated rings. The van der Waals surface area contributed by atoms with Crippen LogP contribution in [0.15, 0.2) is 48.5 Å². The summed E-state index contributed by atoms with van der Waals surface area (Å²) in [5.74, 6) is 0.000159. The number of hydrogen-bond donors (Lipinski definition) is 0. The lowest BCUT2D eigenvalue weighted by molar-refractivity contribution is 0.0139. The van der Waals surface area contributed by atoms with Crippen LogP contribution in [0.1, 0.15) is 36.7 Å². The first-order chi connectivity index (χ1) is 14.6. The highest BCUT2D eigenvalue weighted by molar-refractivity contribution is 5.96. The third kappa shape index (κ3) is 6.07. The van der Waals surface area contributed by atoms with Crippen LogP contribution < -0.4 is 0 Å². The van der Waals surface area contributed by atoms with Crippen LogP contribution in [0.3, 0.4) is 0 Å². The lowest BCUT2D eigenvalue weighted by atomic mass is 9.98. The van der Waals surface area contributed by atoms with Gasteiger partial charge >= 0.3 is 6.09 Å². The van der Waals surface area contributed by atoms with Gasteiger partial charge < -0.3 is 14.5 Å². The number of hydrogen-bond acceptors (Lipinski definition) is 4. The van der Waals surface area contributed by atoms with E-state index in [-0.39, 0.29) is 12.0 Å². The van der Waals surface area contributed by atoms with Gasteiger partial charge in [-0.15, -0.1) is 0 Å². The maximum atomic E-state index is 12.9. The molecule has 166 valence electrons. The van der Waals surface area contributed by atoms with Crippen LogP contribution in [0.2, 0.25) is 0 Å². The highest BCUT2D eigenvalue weighted by Crippen LogP contribution is 2.25. The van der Waals surface area contributed by atoms with Crippen molar-refractivity contribution in [3.05, 3.63) is 59.7 Å². The highest BCUT2D eigenvalue weighted by atomic mass is 16.6. The Hall–Kier alpha value is -2.86. The van der Waals surface area contributed by atoms with E-state index >= 15 is 0 Å². The fraction of sp³-hybridized carbons (Fsp3) is 0.440. The normalized spacial score (nSPS) is 14.9. The zero-order valence-corrected chi connectivity index (χ0v) is 19.2. The molecule has 0 atom stereocenters. The van der Waals surface area contributed by atoms with E-state index in [4.69, 9.17) is 4.74 Å². The second-order valence-electron chi connectivity index (χ2n) is 9.18. The summed E-state index contributed by atoms with van der Waals surface area (Å²) in [5, 5.41) is 0. The Labute approximate surface area is 185 Å². The van der Waals surface area contributed by atoms with Crippen molar-refractivity contribution < 1.29 is 14.3 Å². The molecular weight excluding hydrogens is 390 g/mol. The second-order valence-corrected chi connectivity index (χ2v) is 9.18. The molecule has 6 nitrogen and oxygen atoms in total. The summed E-state index contributed by atoms with van der Waals surface area (Å²) in [5.41, 5.74) is 3.36. The average molecular weight is 424 g/mol. The molecule has 0 saturated carbocycles. The van der Waals surface area contributed by atoms with Gasteiger partial charge in [0, 0.05) is 52.4 Å². The van der Waals surface area contributed by atoms with Gasteiger partial charge in [0.1, 0.15) is 5.60 Å². The van der Waals surface area contributed by atoms with E-state index < -0.39 is 5.60 Å². The fourth-order valence-corrected chi connectivity index (χ4v) is 3.62. The van der Waals surface area contributed by atoms with Crippen LogP contribution in [0.5, 0.6) is 0 Å². The molecule has 6 heteroatoms. The third-order valence-electron chi connectivity index (χ3n) is 5.27. The van der Waals surface area contributed by atoms with Gasteiger partial charge in [0.2, 0.25) is 0 Å². The topological polar surface area (TPSA) is 53.1 Å². The molecule has 0 N–H and O–H groups in total. The Morgan fingerprint density at radius 3 is 2.16 bits per heavy atom. The summed E-state index contributed by atoms with van der Waals surface area (Å²) in [4.78, 5) is 30.9. The number of piperazine rings is 1. The molecule has 0 aromatic heterocycles. The molecule has 0 radical (unpaired) electrons. The smallest absolute Gasteiger partial charge is 0.410 e. The highest BCUT2D eigenvalue weighted by Gasteiger charge is 2.26. The standard InChI is InChI=1S/C25H33N3O3/c1-25(2,3)31-24(30)28-15-13-27(14-16-28)18-21-12-11-20(19-9-7-6-8-10-19)17-22(21)23(29)26(4)5/h6-12,17H,13-16,18H2,1-5H3. The Morgan fingerprint density at radius 1 is 0.935 bits per heavy atom. The van der Waals surface area contributed by atoms with Crippen molar-refractivity contribution in [3.63, 3.8) is 0 Å². The van der Waals surface area contributed by atoms with Crippen molar-refractivity contribution in [1.82, 2.24) is 14.7 Å². The monoisotopic (exact) mass is 423 g/mol. The number of amides is 2. The molecule has 2 aromatic carbocycles. The van der Waals surface area contributed by atoms with Crippen LogP contribution in [0.25, 0.3) is 11.1 Å². The Balaban J connectivity index is 1.73. The lowest BCUT2D eigenvalue weighted by Gasteiger charge is -2.35. The number of ether oxygens (including phenoxy) is 1. The predicted molar refractivity (Wildman–Crippen MR) is 123 cm³/mol. The van der Waals surface area contributed by atoms with Gasteiger partial charge in [0.15, 0.2) is 0 Å². The van der Waals surface area contributed by atoms with Crippen molar-refractivity contribution in [2.24, 2.45) is 0 Å². The maximum absolute atomic E-state index is 12.9. The first-order valence-corrected chi connectivity index (χ1v) is 10.7. The van der Waals surface area contributed by atoms with Crippen molar-refractivity contribution in [3.8, 4) is 11.1 Å². The largest absolute Gasteiger partial charge is 0.444 e. The molecule has 3 rings (SSSR count). The summed E-state index contributed by atoms with van der Waals surface area (Å²) in [6.07, 6.45) is -0.261. The van der Waals surface area contributed by atoms with Crippen LogP contribution >= 0.6 is 0 Å². The van der Waals surface area contributed by atoms with E-state index in [2.05, 4.69) is 29.2 Å². The van der Waals surface area contributed by atoms with Crippen LogP contribution in [0.4, 0.5) is 4.79 Å². The quantitative estimate of drug-likeness (QED) is 0.743. The molecule has 1 heterocycles. The molecule has 1 aliphatic rings. The summed E-state index contributed by atoms with van der Waals surface area (Å²) < 4.78 is 5.48. The van der Waals surface area contributed by atoms with Gasteiger partial charge in [-0.05, 0) is 43.5 Å². The van der Waals surface area contributed by atoms with E-state index in [1.165, 1.54) is 0 Å². The van der Waals surface area contributed by atoms with Gasteiger partial charge in [-0.3, -0.25) is 9.69 Å². The fourth-order valence-electron chi connectivity index (χ4n) is 3.62. The molecule has 2 amide bonds. The molecule has 0 bridgehead atoms. The Kier molecular flexibility index (Phi) is 7.01. The van der Waals surface area contributed by atoms with E-state index in [0.717, 1.165) is 35.3 Å². The van der Waals surface area contributed by atoms with Gasteiger partial charge in [-0.1, -0.05) is 42.5 Å². The predicted octanol–water partition coefficient (Wildman–Crippen LogP) is 4.11. The molecule has 0 spiro atoms. The lowest BCUT2D eigenvalue weighted by Crippen LogP contribution is -2.49. The number of carbonyl (C=O) groups excluding carboxylic acids is 2. The van der Waals surface area contributed by atoms with Crippen LogP contribution in [-0.2, 0) is 11.3 Å². The number of carbonyl (C=O) groups is 2. The average Bonchev–Trinajstić information content (AvgIpc) is 2.73. The molecule has 2 aromatic rings. The van der Waals surface area contributed by atoms with Crippen LogP contribution in [0, 0.1) is 0 Å². The minimum atomic E-state index is -0.490. The molecule has 31 heavy (non-hydrogen) atoms. The second kappa shape index (κ2) is 9.52. The van der Waals surface area contributed by atoms with Gasteiger partial charge in [0.25, 0.3) is 5.91 Å². The summed E-state index contributed by atoms with van der Waals surface area (Å²) in [6.45, 7) is 9.04. The van der Waals surface area contributed by atoms with Crippen molar-refractivity contribution in [1.29, 1.82) is 0 Å². The van der Waals surface area contributed by atoms with Crippen molar-refractivity contribution in [2.75, 3.05) is 40.3 Å². The van der Waals surface area contributed by atoms with Crippen molar-refractivity contribution >= 4 is 12.0 Å².